The number of ether oxygens (including phenoxy) is 2. The van der Waals surface area contributed by atoms with E-state index in [-0.39, 0.29) is 17.9 Å². The Bertz CT molecular complexity index is 635. The second kappa shape index (κ2) is 7.65. The van der Waals surface area contributed by atoms with Crippen molar-refractivity contribution in [3.05, 3.63) is 35.9 Å². The van der Waals surface area contributed by atoms with Crippen LogP contribution in [0.4, 0.5) is 0 Å². The molecule has 2 rings (SSSR count). The number of thiol groups is 1. The molecule has 0 bridgehead atoms. The molecule has 0 aromatic heterocycles. The summed E-state index contributed by atoms with van der Waals surface area (Å²) in [6, 6.07) is 8.65. The molecule has 0 spiro atoms. The van der Waals surface area contributed by atoms with Gasteiger partial charge in [0.2, 0.25) is 10.0 Å². The lowest BCUT2D eigenvalue weighted by atomic mass is 10.1. The van der Waals surface area contributed by atoms with Crippen molar-refractivity contribution in [1.29, 1.82) is 0 Å². The third-order valence-electron chi connectivity index (χ3n) is 3.74. The van der Waals surface area contributed by atoms with Crippen LogP contribution >= 0.6 is 12.6 Å². The summed E-state index contributed by atoms with van der Waals surface area (Å²) in [5, 5.41) is -0.0355. The van der Waals surface area contributed by atoms with E-state index in [0.717, 1.165) is 0 Å². The molecule has 1 saturated heterocycles. The van der Waals surface area contributed by atoms with Gasteiger partial charge < -0.3 is 9.47 Å². The van der Waals surface area contributed by atoms with Gasteiger partial charge in [-0.2, -0.15) is 16.9 Å². The van der Waals surface area contributed by atoms with Crippen LogP contribution in [0.25, 0.3) is 0 Å². The van der Waals surface area contributed by atoms with Gasteiger partial charge in [0.25, 0.3) is 0 Å². The number of methoxy groups -OCH3 is 1. The van der Waals surface area contributed by atoms with Crippen LogP contribution in [0.3, 0.4) is 0 Å². The first kappa shape index (κ1) is 18.3. The van der Waals surface area contributed by atoms with Crippen molar-refractivity contribution < 1.29 is 22.7 Å². The van der Waals surface area contributed by atoms with Crippen LogP contribution in [-0.4, -0.2) is 56.5 Å². The molecule has 8 heteroatoms. The Labute approximate surface area is 142 Å². The van der Waals surface area contributed by atoms with E-state index in [0.29, 0.717) is 18.5 Å². The second-order valence-corrected chi connectivity index (χ2v) is 8.19. The highest BCUT2D eigenvalue weighted by Gasteiger charge is 2.37. The van der Waals surface area contributed by atoms with Gasteiger partial charge in [0.05, 0.1) is 20.0 Å². The van der Waals surface area contributed by atoms with E-state index in [1.807, 2.05) is 6.07 Å². The van der Waals surface area contributed by atoms with E-state index in [9.17, 15) is 13.2 Å². The van der Waals surface area contributed by atoms with Crippen LogP contribution in [0.1, 0.15) is 18.1 Å². The van der Waals surface area contributed by atoms with E-state index in [1.54, 1.807) is 24.3 Å². The van der Waals surface area contributed by atoms with Gasteiger partial charge in [-0.1, -0.05) is 30.3 Å². The van der Waals surface area contributed by atoms with Crippen molar-refractivity contribution in [3.8, 4) is 0 Å². The van der Waals surface area contributed by atoms with Crippen LogP contribution in [0.2, 0.25) is 0 Å². The lowest BCUT2D eigenvalue weighted by molar-refractivity contribution is -0.155. The highest BCUT2D eigenvalue weighted by molar-refractivity contribution is 7.88. The van der Waals surface area contributed by atoms with Gasteiger partial charge in [0.1, 0.15) is 0 Å². The lowest BCUT2D eigenvalue weighted by Crippen LogP contribution is -2.38. The molecule has 1 aliphatic heterocycles. The minimum Gasteiger partial charge on any atom is -0.467 e. The predicted octanol–water partition coefficient (Wildman–Crippen LogP) is 1.25. The number of hydrogen-bond acceptors (Lipinski definition) is 6. The molecule has 6 nitrogen and oxygen atoms in total. The normalized spacial score (nSPS) is 23.6. The van der Waals surface area contributed by atoms with Gasteiger partial charge in [-0.25, -0.2) is 13.2 Å². The van der Waals surface area contributed by atoms with Gasteiger partial charge in [-0.3, -0.25) is 0 Å². The van der Waals surface area contributed by atoms with Crippen molar-refractivity contribution in [3.63, 3.8) is 0 Å². The zero-order valence-corrected chi connectivity index (χ0v) is 14.8. The largest absolute Gasteiger partial charge is 0.467 e. The zero-order valence-electron chi connectivity index (χ0n) is 13.1. The first-order chi connectivity index (χ1) is 10.8. The number of rotatable bonds is 6. The number of esters is 1. The average molecular weight is 359 g/mol. The third-order valence-corrected chi connectivity index (χ3v) is 5.41. The summed E-state index contributed by atoms with van der Waals surface area (Å²) in [5.41, 5.74) is 0.672. The maximum atomic E-state index is 12.0. The van der Waals surface area contributed by atoms with Crippen LogP contribution in [0.5, 0.6) is 0 Å². The first-order valence-electron chi connectivity index (χ1n) is 7.22. The lowest BCUT2D eigenvalue weighted by Gasteiger charge is -2.24. The Morgan fingerprint density at radius 2 is 2.04 bits per heavy atom. The number of nitrogens with zero attached hydrogens (tertiary/aromatic N) is 1. The molecule has 3 atom stereocenters. The van der Waals surface area contributed by atoms with Crippen LogP contribution in [0.15, 0.2) is 30.3 Å². The van der Waals surface area contributed by atoms with Gasteiger partial charge in [-0.05, 0) is 12.0 Å². The summed E-state index contributed by atoms with van der Waals surface area (Å²) in [6.45, 7) is 0.461. The van der Waals surface area contributed by atoms with Crippen LogP contribution in [-0.2, 0) is 24.3 Å². The predicted molar refractivity (Wildman–Crippen MR) is 89.9 cm³/mol. The number of carbonyl (C=O) groups is 1. The highest BCUT2D eigenvalue weighted by Crippen LogP contribution is 2.27. The minimum atomic E-state index is -3.33. The Balaban J connectivity index is 2.11. The van der Waals surface area contributed by atoms with Gasteiger partial charge in [0, 0.05) is 17.8 Å². The molecule has 0 N–H and O–H groups in total. The molecule has 1 aromatic carbocycles. The maximum absolute atomic E-state index is 12.0. The van der Waals surface area contributed by atoms with E-state index in [2.05, 4.69) is 12.6 Å². The van der Waals surface area contributed by atoms with E-state index in [1.165, 1.54) is 17.7 Å². The fraction of sp³-hybridized carbons (Fsp3) is 0.533. The molecule has 23 heavy (non-hydrogen) atoms. The summed E-state index contributed by atoms with van der Waals surface area (Å²) >= 11 is 4.36. The smallest absolute Gasteiger partial charge is 0.339 e. The van der Waals surface area contributed by atoms with Gasteiger partial charge >= 0.3 is 5.97 Å². The monoisotopic (exact) mass is 359 g/mol. The summed E-state index contributed by atoms with van der Waals surface area (Å²) < 4.78 is 35.6. The highest BCUT2D eigenvalue weighted by atomic mass is 32.2. The number of carbonyl (C=O) groups excluding carboxylic acids is 1. The first-order valence-corrected chi connectivity index (χ1v) is 9.58. The Morgan fingerprint density at radius 1 is 1.39 bits per heavy atom. The zero-order chi connectivity index (χ0) is 17.0. The van der Waals surface area contributed by atoms with Crippen molar-refractivity contribution in [2.75, 3.05) is 26.5 Å². The van der Waals surface area contributed by atoms with Gasteiger partial charge in [-0.15, -0.1) is 0 Å². The molecule has 128 valence electrons. The summed E-state index contributed by atoms with van der Waals surface area (Å²) in [7, 11) is -2.04. The maximum Gasteiger partial charge on any atom is 0.339 e. The third kappa shape index (κ3) is 4.69. The van der Waals surface area contributed by atoms with Crippen LogP contribution in [0, 0.1) is 0 Å². The molecule has 0 radical (unpaired) electrons. The number of hydrogen-bond donors (Lipinski definition) is 1. The minimum absolute atomic E-state index is 0.0355. The van der Waals surface area contributed by atoms with Crippen molar-refractivity contribution >= 4 is 28.6 Å². The second-order valence-electron chi connectivity index (χ2n) is 5.52. The molecular weight excluding hydrogens is 338 g/mol. The Morgan fingerprint density at radius 3 is 2.61 bits per heavy atom. The summed E-state index contributed by atoms with van der Waals surface area (Å²) in [5.74, 6) is -0.512. The standard InChI is InChI=1S/C15H21NO5S2/c1-20-15(17)14(11-6-4-3-5-7-11)21-10-12-8-13(22)9-16(12)23(2,18)19/h3-7,12-14,22H,8-10H2,1-2H3/t12-,13+,14-/m0/s1. The fourth-order valence-electron chi connectivity index (χ4n) is 2.66. The number of benzene rings is 1. The molecule has 0 aliphatic carbocycles. The van der Waals surface area contributed by atoms with Gasteiger partial charge in [0.15, 0.2) is 6.10 Å². The van der Waals surface area contributed by atoms with Crippen molar-refractivity contribution in [2.24, 2.45) is 0 Å². The molecule has 1 fully saturated rings. The quantitative estimate of drug-likeness (QED) is 0.611. The molecule has 0 amide bonds. The SMILES string of the molecule is COC(=O)[C@@H](OC[C@@H]1C[C@@H](S)CN1S(C)(=O)=O)c1ccccc1. The van der Waals surface area contributed by atoms with Crippen molar-refractivity contribution in [1.82, 2.24) is 4.31 Å². The van der Waals surface area contributed by atoms with E-state index < -0.39 is 22.1 Å². The Hall–Kier alpha value is -1.09. The molecule has 0 unspecified atom stereocenters. The fourth-order valence-corrected chi connectivity index (χ4v) is 4.33. The summed E-state index contributed by atoms with van der Waals surface area (Å²) in [4.78, 5) is 12.0. The van der Waals surface area contributed by atoms with Crippen LogP contribution < -0.4 is 0 Å². The summed E-state index contributed by atoms with van der Waals surface area (Å²) in [6.07, 6.45) is 0.876. The van der Waals surface area contributed by atoms with E-state index >= 15 is 0 Å². The molecular formula is C15H21NO5S2. The average Bonchev–Trinajstić information content (AvgIpc) is 2.89. The molecule has 1 aliphatic rings. The molecule has 1 heterocycles. The van der Waals surface area contributed by atoms with E-state index in [4.69, 9.17) is 9.47 Å². The molecule has 1 aromatic rings. The molecule has 0 saturated carbocycles. The van der Waals surface area contributed by atoms with Crippen molar-refractivity contribution in [2.45, 2.75) is 23.8 Å². The Kier molecular flexibility index (Phi) is 6.07. The number of sulfonamides is 1. The topological polar surface area (TPSA) is 72.9 Å².